The van der Waals surface area contributed by atoms with E-state index in [0.29, 0.717) is 17.5 Å². The third kappa shape index (κ3) is 3.26. The van der Waals surface area contributed by atoms with E-state index in [1.165, 1.54) is 0 Å². The molecule has 0 radical (unpaired) electrons. The van der Waals surface area contributed by atoms with Crippen LogP contribution in [0.5, 0.6) is 0 Å². The van der Waals surface area contributed by atoms with E-state index >= 15 is 0 Å². The Hall–Kier alpha value is -2.62. The summed E-state index contributed by atoms with van der Waals surface area (Å²) < 4.78 is 5.52. The predicted molar refractivity (Wildman–Crippen MR) is 87.3 cm³/mol. The van der Waals surface area contributed by atoms with Gasteiger partial charge in [0.2, 0.25) is 0 Å². The predicted octanol–water partition coefficient (Wildman–Crippen LogP) is 3.28. The van der Waals surface area contributed by atoms with Gasteiger partial charge >= 0.3 is 5.97 Å². The standard InChI is InChI=1S/C19H19NO3/c1-12(2)20-18(21)14-8-9-16-15(10-14)11-17(23-19(16)22)13-6-4-3-5-7-13/h3-10,12,17H,11H2,1-2H3,(H,20,21)/t17-/m0/s1. The maximum atomic E-state index is 12.2. The molecule has 1 N–H and O–H groups in total. The number of rotatable bonds is 3. The van der Waals surface area contributed by atoms with Gasteiger partial charge in [0.15, 0.2) is 0 Å². The van der Waals surface area contributed by atoms with Crippen molar-refractivity contribution >= 4 is 11.9 Å². The Morgan fingerprint density at radius 1 is 1.17 bits per heavy atom. The van der Waals surface area contributed by atoms with Gasteiger partial charge < -0.3 is 10.1 Å². The first kappa shape index (κ1) is 15.3. The molecule has 3 rings (SSSR count). The van der Waals surface area contributed by atoms with Gasteiger partial charge in [0.25, 0.3) is 5.91 Å². The lowest BCUT2D eigenvalue weighted by atomic mass is 9.93. The number of fused-ring (bicyclic) bond motifs is 1. The third-order valence-electron chi connectivity index (χ3n) is 3.83. The Kier molecular flexibility index (Phi) is 4.15. The second-order valence-electron chi connectivity index (χ2n) is 6.01. The van der Waals surface area contributed by atoms with Gasteiger partial charge in [0, 0.05) is 18.0 Å². The lowest BCUT2D eigenvalue weighted by molar-refractivity contribution is 0.0252. The number of benzene rings is 2. The summed E-state index contributed by atoms with van der Waals surface area (Å²) in [6.07, 6.45) is 0.271. The fourth-order valence-corrected chi connectivity index (χ4v) is 2.74. The normalized spacial score (nSPS) is 16.7. The molecule has 1 amide bonds. The minimum absolute atomic E-state index is 0.0700. The van der Waals surface area contributed by atoms with Crippen molar-refractivity contribution in [3.05, 3.63) is 70.8 Å². The monoisotopic (exact) mass is 309 g/mol. The molecule has 4 heteroatoms. The second kappa shape index (κ2) is 6.24. The van der Waals surface area contributed by atoms with Crippen LogP contribution < -0.4 is 5.32 Å². The summed E-state index contributed by atoms with van der Waals surface area (Å²) in [7, 11) is 0. The maximum absolute atomic E-state index is 12.2. The van der Waals surface area contributed by atoms with Crippen molar-refractivity contribution < 1.29 is 14.3 Å². The summed E-state index contributed by atoms with van der Waals surface area (Å²) in [6, 6.07) is 14.9. The molecule has 0 unspecified atom stereocenters. The number of nitrogens with one attached hydrogen (secondary N) is 1. The molecule has 1 aliphatic heterocycles. The van der Waals surface area contributed by atoms with Crippen LogP contribution in [0.25, 0.3) is 0 Å². The number of hydrogen-bond acceptors (Lipinski definition) is 3. The zero-order valence-corrected chi connectivity index (χ0v) is 13.2. The Morgan fingerprint density at radius 2 is 1.91 bits per heavy atom. The molecule has 2 aromatic rings. The highest BCUT2D eigenvalue weighted by Crippen LogP contribution is 2.31. The van der Waals surface area contributed by atoms with E-state index in [4.69, 9.17) is 4.74 Å². The van der Waals surface area contributed by atoms with E-state index in [9.17, 15) is 9.59 Å². The second-order valence-corrected chi connectivity index (χ2v) is 6.01. The number of cyclic esters (lactones) is 1. The van der Waals surface area contributed by atoms with Crippen LogP contribution in [0, 0.1) is 0 Å². The summed E-state index contributed by atoms with van der Waals surface area (Å²) >= 11 is 0. The minimum Gasteiger partial charge on any atom is -0.454 e. The lowest BCUT2D eigenvalue weighted by Gasteiger charge is -2.25. The van der Waals surface area contributed by atoms with Crippen LogP contribution in [-0.4, -0.2) is 17.9 Å². The Morgan fingerprint density at radius 3 is 2.61 bits per heavy atom. The van der Waals surface area contributed by atoms with Crippen LogP contribution >= 0.6 is 0 Å². The van der Waals surface area contributed by atoms with Gasteiger partial charge in [-0.05, 0) is 43.2 Å². The van der Waals surface area contributed by atoms with Crippen LogP contribution in [0.4, 0.5) is 0 Å². The summed E-state index contributed by atoms with van der Waals surface area (Å²) in [4.78, 5) is 24.4. The molecule has 0 fully saturated rings. The lowest BCUT2D eigenvalue weighted by Crippen LogP contribution is -2.30. The smallest absolute Gasteiger partial charge is 0.339 e. The van der Waals surface area contributed by atoms with Crippen molar-refractivity contribution in [3.8, 4) is 0 Å². The number of amides is 1. The molecule has 0 saturated carbocycles. The summed E-state index contributed by atoms with van der Waals surface area (Å²) in [5.74, 6) is -0.464. The van der Waals surface area contributed by atoms with Crippen LogP contribution in [0.15, 0.2) is 48.5 Å². The van der Waals surface area contributed by atoms with Gasteiger partial charge in [0.1, 0.15) is 6.10 Å². The van der Waals surface area contributed by atoms with Gasteiger partial charge in [-0.3, -0.25) is 4.79 Å². The Labute approximate surface area is 135 Å². The average molecular weight is 309 g/mol. The number of esters is 1. The van der Waals surface area contributed by atoms with Crippen molar-refractivity contribution in [1.29, 1.82) is 0 Å². The highest BCUT2D eigenvalue weighted by molar-refractivity contribution is 5.97. The van der Waals surface area contributed by atoms with Crippen LogP contribution in [0.3, 0.4) is 0 Å². The van der Waals surface area contributed by atoms with Gasteiger partial charge in [0.05, 0.1) is 5.56 Å². The molecule has 118 valence electrons. The van der Waals surface area contributed by atoms with E-state index < -0.39 is 0 Å². The van der Waals surface area contributed by atoms with Crippen molar-refractivity contribution in [2.24, 2.45) is 0 Å². The maximum Gasteiger partial charge on any atom is 0.339 e. The highest BCUT2D eigenvalue weighted by atomic mass is 16.5. The number of ether oxygens (including phenoxy) is 1. The molecule has 0 aliphatic carbocycles. The van der Waals surface area contributed by atoms with Crippen LogP contribution in [-0.2, 0) is 11.2 Å². The van der Waals surface area contributed by atoms with Crippen molar-refractivity contribution in [2.45, 2.75) is 32.4 Å². The van der Waals surface area contributed by atoms with Gasteiger partial charge in [-0.25, -0.2) is 4.79 Å². The quantitative estimate of drug-likeness (QED) is 0.885. The fourth-order valence-electron chi connectivity index (χ4n) is 2.74. The summed E-state index contributed by atoms with van der Waals surface area (Å²) in [6.45, 7) is 3.83. The first-order valence-electron chi connectivity index (χ1n) is 7.74. The largest absolute Gasteiger partial charge is 0.454 e. The van der Waals surface area contributed by atoms with Crippen LogP contribution in [0.2, 0.25) is 0 Å². The molecule has 23 heavy (non-hydrogen) atoms. The topological polar surface area (TPSA) is 55.4 Å². The van der Waals surface area contributed by atoms with E-state index in [1.54, 1.807) is 18.2 Å². The molecule has 0 saturated heterocycles. The molecule has 0 spiro atoms. The van der Waals surface area contributed by atoms with Crippen molar-refractivity contribution in [3.63, 3.8) is 0 Å². The third-order valence-corrected chi connectivity index (χ3v) is 3.83. The Bertz CT molecular complexity index is 738. The SMILES string of the molecule is CC(C)NC(=O)c1ccc2c(c1)C[C@@H](c1ccccc1)OC2=O. The van der Waals surface area contributed by atoms with E-state index in [1.807, 2.05) is 44.2 Å². The zero-order valence-electron chi connectivity index (χ0n) is 13.2. The number of carbonyl (C=O) groups excluding carboxylic acids is 2. The molecule has 0 bridgehead atoms. The number of carbonyl (C=O) groups is 2. The van der Waals surface area contributed by atoms with Crippen molar-refractivity contribution in [2.75, 3.05) is 0 Å². The number of hydrogen-bond donors (Lipinski definition) is 1. The van der Waals surface area contributed by atoms with E-state index in [-0.39, 0.29) is 24.0 Å². The minimum atomic E-state index is -0.337. The fraction of sp³-hybridized carbons (Fsp3) is 0.263. The summed E-state index contributed by atoms with van der Waals surface area (Å²) in [5, 5.41) is 2.86. The van der Waals surface area contributed by atoms with Gasteiger partial charge in [-0.2, -0.15) is 0 Å². The van der Waals surface area contributed by atoms with Gasteiger partial charge in [-0.15, -0.1) is 0 Å². The molecule has 4 nitrogen and oxygen atoms in total. The first-order chi connectivity index (χ1) is 11.0. The molecule has 1 atom stereocenters. The zero-order chi connectivity index (χ0) is 16.4. The van der Waals surface area contributed by atoms with Crippen molar-refractivity contribution in [1.82, 2.24) is 5.32 Å². The first-order valence-corrected chi connectivity index (χ1v) is 7.74. The highest BCUT2D eigenvalue weighted by Gasteiger charge is 2.28. The summed E-state index contributed by atoms with van der Waals surface area (Å²) in [5.41, 5.74) is 2.92. The van der Waals surface area contributed by atoms with E-state index in [0.717, 1.165) is 11.1 Å². The molecule has 1 heterocycles. The molecular weight excluding hydrogens is 290 g/mol. The Balaban J connectivity index is 1.90. The molecular formula is C19H19NO3. The average Bonchev–Trinajstić information content (AvgIpc) is 2.54. The van der Waals surface area contributed by atoms with Gasteiger partial charge in [-0.1, -0.05) is 30.3 Å². The van der Waals surface area contributed by atoms with E-state index in [2.05, 4.69) is 5.32 Å². The molecule has 2 aromatic carbocycles. The molecule has 0 aromatic heterocycles. The molecule has 1 aliphatic rings. The van der Waals surface area contributed by atoms with Crippen LogP contribution in [0.1, 0.15) is 51.8 Å².